The maximum absolute atomic E-state index is 11.2. The van der Waals surface area contributed by atoms with E-state index in [0.29, 0.717) is 5.56 Å². The third kappa shape index (κ3) is 2.63. The molecule has 2 heteroatoms. The molecule has 0 saturated carbocycles. The van der Waals surface area contributed by atoms with E-state index >= 15 is 0 Å². The summed E-state index contributed by atoms with van der Waals surface area (Å²) in [6.45, 7) is 9.61. The molecule has 0 aliphatic rings. The van der Waals surface area contributed by atoms with Crippen molar-refractivity contribution in [3.63, 3.8) is 0 Å². The number of rotatable bonds is 4. The van der Waals surface area contributed by atoms with Crippen molar-refractivity contribution in [2.75, 3.05) is 0 Å². The molecule has 0 spiro atoms. The highest BCUT2D eigenvalue weighted by Crippen LogP contribution is 2.26. The average molecular weight is 250 g/mol. The minimum absolute atomic E-state index is 0.623. The van der Waals surface area contributed by atoms with Crippen LogP contribution in [0.15, 0.2) is 30.5 Å². The molecular formula is C17H16NO. The molecule has 1 radical (unpaired) electrons. The molecule has 95 valence electrons. The molecule has 0 aliphatic heterocycles. The summed E-state index contributed by atoms with van der Waals surface area (Å²) in [6.07, 6.45) is 5.00. The van der Waals surface area contributed by atoms with Gasteiger partial charge >= 0.3 is 0 Å². The fourth-order valence-corrected chi connectivity index (χ4v) is 2.14. The molecule has 2 rings (SSSR count). The van der Waals surface area contributed by atoms with E-state index in [1.807, 2.05) is 38.2 Å². The molecule has 1 aromatic heterocycles. The van der Waals surface area contributed by atoms with Crippen LogP contribution in [0.1, 0.15) is 34.1 Å². The third-order valence-electron chi connectivity index (χ3n) is 3.22. The van der Waals surface area contributed by atoms with E-state index in [0.717, 1.165) is 40.7 Å². The Hall–Kier alpha value is -2.22. The number of carbonyl (C=O) groups excluding carboxylic acids is 1. The second-order valence-electron chi connectivity index (χ2n) is 4.46. The van der Waals surface area contributed by atoms with Crippen molar-refractivity contribution in [2.45, 2.75) is 20.3 Å². The van der Waals surface area contributed by atoms with Crippen LogP contribution in [-0.2, 0) is 6.42 Å². The van der Waals surface area contributed by atoms with Crippen LogP contribution in [0.5, 0.6) is 0 Å². The predicted molar refractivity (Wildman–Crippen MR) is 77.9 cm³/mol. The molecule has 19 heavy (non-hydrogen) atoms. The summed E-state index contributed by atoms with van der Waals surface area (Å²) in [5.74, 6) is 0. The Morgan fingerprint density at radius 1 is 1.26 bits per heavy atom. The minimum Gasteiger partial charge on any atom is -0.298 e. The van der Waals surface area contributed by atoms with Crippen LogP contribution in [0, 0.1) is 13.5 Å². The van der Waals surface area contributed by atoms with Crippen molar-refractivity contribution >= 4 is 12.4 Å². The van der Waals surface area contributed by atoms with Crippen molar-refractivity contribution in [3.8, 4) is 11.1 Å². The van der Waals surface area contributed by atoms with Crippen LogP contribution in [-0.4, -0.2) is 11.3 Å². The van der Waals surface area contributed by atoms with Crippen molar-refractivity contribution in [1.29, 1.82) is 0 Å². The van der Waals surface area contributed by atoms with E-state index in [1.165, 1.54) is 6.08 Å². The topological polar surface area (TPSA) is 30.0 Å². The fraction of sp³-hybridized carbons (Fsp3) is 0.176. The van der Waals surface area contributed by atoms with Crippen molar-refractivity contribution < 1.29 is 4.79 Å². The third-order valence-corrected chi connectivity index (χ3v) is 3.22. The van der Waals surface area contributed by atoms with Crippen molar-refractivity contribution in [1.82, 2.24) is 4.98 Å². The lowest BCUT2D eigenvalue weighted by Crippen LogP contribution is -1.96. The highest BCUT2D eigenvalue weighted by molar-refractivity contribution is 5.86. The average Bonchev–Trinajstić information content (AvgIpc) is 2.46. The highest BCUT2D eigenvalue weighted by atomic mass is 16.1. The lowest BCUT2D eigenvalue weighted by Gasteiger charge is -2.10. The standard InChI is InChI=1S/C17H16NO/c1-4-13-8-15(9-16(11-19)17(13)5-2)14-7-6-12(3)18-10-14/h2,5-11H,4H2,1,3H3. The van der Waals surface area contributed by atoms with Gasteiger partial charge in [-0.2, -0.15) is 0 Å². The lowest BCUT2D eigenvalue weighted by atomic mass is 9.94. The minimum atomic E-state index is 0.623. The van der Waals surface area contributed by atoms with Gasteiger partial charge in [0.05, 0.1) is 0 Å². The Morgan fingerprint density at radius 2 is 2.05 bits per heavy atom. The zero-order chi connectivity index (χ0) is 13.8. The summed E-state index contributed by atoms with van der Waals surface area (Å²) in [4.78, 5) is 15.5. The molecule has 0 fully saturated rings. The van der Waals surface area contributed by atoms with E-state index in [9.17, 15) is 4.79 Å². The second kappa shape index (κ2) is 5.61. The number of carbonyl (C=O) groups is 1. The van der Waals surface area contributed by atoms with E-state index < -0.39 is 0 Å². The number of aryl methyl sites for hydroxylation is 2. The van der Waals surface area contributed by atoms with Crippen molar-refractivity contribution in [3.05, 3.63) is 59.4 Å². The molecule has 1 aromatic carbocycles. The van der Waals surface area contributed by atoms with E-state index in [1.54, 1.807) is 0 Å². The van der Waals surface area contributed by atoms with E-state index in [4.69, 9.17) is 6.58 Å². The van der Waals surface area contributed by atoms with Gasteiger partial charge in [0.15, 0.2) is 6.29 Å². The van der Waals surface area contributed by atoms with Crippen LogP contribution in [0.25, 0.3) is 17.2 Å². The van der Waals surface area contributed by atoms with Crippen LogP contribution >= 0.6 is 0 Å². The Kier molecular flexibility index (Phi) is 3.91. The first-order valence-electron chi connectivity index (χ1n) is 6.29. The Morgan fingerprint density at radius 3 is 2.58 bits per heavy atom. The number of hydrogen-bond acceptors (Lipinski definition) is 2. The molecule has 1 heterocycles. The first-order chi connectivity index (χ1) is 9.19. The van der Waals surface area contributed by atoms with Crippen LogP contribution < -0.4 is 0 Å². The molecule has 0 saturated heterocycles. The highest BCUT2D eigenvalue weighted by Gasteiger charge is 2.08. The Labute approximate surface area is 113 Å². The molecule has 0 amide bonds. The van der Waals surface area contributed by atoms with Gasteiger partial charge in [-0.15, -0.1) is 0 Å². The fourth-order valence-electron chi connectivity index (χ4n) is 2.14. The first kappa shape index (κ1) is 13.2. The maximum atomic E-state index is 11.2. The molecule has 0 atom stereocenters. The van der Waals surface area contributed by atoms with E-state index in [-0.39, 0.29) is 0 Å². The molecule has 2 aromatic rings. The number of aldehydes is 1. The number of benzene rings is 1. The molecular weight excluding hydrogens is 234 g/mol. The molecule has 0 aliphatic carbocycles. The number of aromatic nitrogens is 1. The van der Waals surface area contributed by atoms with Gasteiger partial charge in [-0.05, 0) is 42.2 Å². The summed E-state index contributed by atoms with van der Waals surface area (Å²) >= 11 is 0. The zero-order valence-electron chi connectivity index (χ0n) is 11.2. The smallest absolute Gasteiger partial charge is 0.150 e. The van der Waals surface area contributed by atoms with Crippen LogP contribution in [0.2, 0.25) is 0 Å². The van der Waals surface area contributed by atoms with Gasteiger partial charge in [-0.1, -0.05) is 31.7 Å². The predicted octanol–water partition coefficient (Wildman–Crippen LogP) is 3.88. The number of nitrogens with zero attached hydrogens (tertiary/aromatic N) is 1. The van der Waals surface area contributed by atoms with Gasteiger partial charge in [-0.3, -0.25) is 9.78 Å². The molecule has 0 N–H and O–H groups in total. The van der Waals surface area contributed by atoms with Crippen LogP contribution in [0.4, 0.5) is 0 Å². The van der Waals surface area contributed by atoms with Gasteiger partial charge in [0, 0.05) is 23.0 Å². The largest absolute Gasteiger partial charge is 0.298 e. The van der Waals surface area contributed by atoms with Gasteiger partial charge < -0.3 is 0 Å². The zero-order valence-corrected chi connectivity index (χ0v) is 11.2. The summed E-state index contributed by atoms with van der Waals surface area (Å²) in [6, 6.07) is 7.90. The Bertz CT molecular complexity index is 612. The van der Waals surface area contributed by atoms with Crippen molar-refractivity contribution in [2.24, 2.45) is 0 Å². The SMILES string of the molecule is [CH]=Cc1c(C=O)cc(-c2ccc(C)nc2)cc1CC. The first-order valence-corrected chi connectivity index (χ1v) is 6.29. The maximum Gasteiger partial charge on any atom is 0.150 e. The summed E-state index contributed by atoms with van der Waals surface area (Å²) in [7, 11) is 0. The number of pyridine rings is 1. The summed E-state index contributed by atoms with van der Waals surface area (Å²) in [5, 5.41) is 0. The normalized spacial score (nSPS) is 10.2. The lowest BCUT2D eigenvalue weighted by molar-refractivity contribution is 0.112. The quantitative estimate of drug-likeness (QED) is 0.771. The van der Waals surface area contributed by atoms with Gasteiger partial charge in [0.2, 0.25) is 0 Å². The van der Waals surface area contributed by atoms with Gasteiger partial charge in [-0.25, -0.2) is 0 Å². The Balaban J connectivity index is 2.61. The summed E-state index contributed by atoms with van der Waals surface area (Å²) < 4.78 is 0. The molecule has 2 nitrogen and oxygen atoms in total. The second-order valence-corrected chi connectivity index (χ2v) is 4.46. The van der Waals surface area contributed by atoms with Gasteiger partial charge in [0.1, 0.15) is 0 Å². The monoisotopic (exact) mass is 250 g/mol. The van der Waals surface area contributed by atoms with Crippen LogP contribution in [0.3, 0.4) is 0 Å². The summed E-state index contributed by atoms with van der Waals surface area (Å²) in [5.41, 5.74) is 5.49. The molecule has 0 bridgehead atoms. The van der Waals surface area contributed by atoms with E-state index in [2.05, 4.69) is 11.1 Å². The number of hydrogen-bond donors (Lipinski definition) is 0. The molecule has 0 unspecified atom stereocenters. The van der Waals surface area contributed by atoms with Gasteiger partial charge in [0.25, 0.3) is 0 Å².